The Balaban J connectivity index is 1.27. The van der Waals surface area contributed by atoms with E-state index in [1.165, 1.54) is 16.0 Å². The first-order valence-electron chi connectivity index (χ1n) is 15.2. The third-order valence-electron chi connectivity index (χ3n) is 9.31. The maximum Gasteiger partial charge on any atom is 0.455 e. The average molecular weight is 584 g/mol. The average Bonchev–Trinajstić information content (AvgIpc) is 3.59. The van der Waals surface area contributed by atoms with E-state index in [1.54, 1.807) is 17.4 Å². The molecule has 218 valence electrons. The molecule has 0 saturated carbocycles. The van der Waals surface area contributed by atoms with E-state index in [0.717, 1.165) is 52.5 Å². The second kappa shape index (κ2) is 12.2. The first-order valence-corrected chi connectivity index (χ1v) is 16.1. The highest BCUT2D eigenvalue weighted by atomic mass is 32.1. The third-order valence-corrected chi connectivity index (χ3v) is 10.2. The summed E-state index contributed by atoms with van der Waals surface area (Å²) in [6.07, 6.45) is 7.10. The van der Waals surface area contributed by atoms with Gasteiger partial charge in [0.1, 0.15) is 5.75 Å². The van der Waals surface area contributed by atoms with Crippen molar-refractivity contribution in [2.75, 3.05) is 0 Å². The van der Waals surface area contributed by atoms with Crippen molar-refractivity contribution in [3.63, 3.8) is 0 Å². The number of nitrogens with zero attached hydrogens (tertiary/aromatic N) is 1. The number of carbonyl (C=O) groups is 2. The van der Waals surface area contributed by atoms with E-state index in [1.807, 2.05) is 47.8 Å². The fourth-order valence-corrected chi connectivity index (χ4v) is 8.13. The van der Waals surface area contributed by atoms with Gasteiger partial charge in [0.15, 0.2) is 0 Å². The molecule has 1 aliphatic carbocycles. The number of likely N-dealkylation sites (tertiary alicyclic amines) is 1. The van der Waals surface area contributed by atoms with Crippen molar-refractivity contribution in [3.05, 3.63) is 81.1 Å². The fraction of sp³-hybridized carbons (Fsp3) is 0.412. The number of thiophene rings is 1. The maximum absolute atomic E-state index is 13.8. The SMILES string of the molecule is CCC/C(=C\c1ccc(O)c2ccccc12)CC[C@H]1OB(O)C[C@H]2C1=C(CC)C[C@H]1C(=O)N(Cc3cccs3)C(=O)[C@H]12. The van der Waals surface area contributed by atoms with E-state index in [2.05, 4.69) is 19.9 Å². The Morgan fingerprint density at radius 3 is 2.60 bits per heavy atom. The van der Waals surface area contributed by atoms with Gasteiger partial charge in [0.05, 0.1) is 24.5 Å². The van der Waals surface area contributed by atoms with Crippen LogP contribution in [0.2, 0.25) is 6.32 Å². The van der Waals surface area contributed by atoms with Gasteiger partial charge in [-0.1, -0.05) is 73.9 Å². The summed E-state index contributed by atoms with van der Waals surface area (Å²) in [5, 5.41) is 25.1. The largest absolute Gasteiger partial charge is 0.507 e. The zero-order valence-electron chi connectivity index (χ0n) is 24.3. The molecule has 6 rings (SSSR count). The Morgan fingerprint density at radius 2 is 1.86 bits per heavy atom. The van der Waals surface area contributed by atoms with E-state index >= 15 is 0 Å². The van der Waals surface area contributed by atoms with Gasteiger partial charge >= 0.3 is 7.12 Å². The molecule has 2 amide bonds. The molecule has 1 aromatic heterocycles. The summed E-state index contributed by atoms with van der Waals surface area (Å²) in [5.41, 5.74) is 4.72. The highest BCUT2D eigenvalue weighted by Crippen LogP contribution is 2.51. The molecular weight excluding hydrogens is 545 g/mol. The Kier molecular flexibility index (Phi) is 8.39. The molecule has 2 aliphatic heterocycles. The summed E-state index contributed by atoms with van der Waals surface area (Å²) in [7, 11) is -0.963. The minimum Gasteiger partial charge on any atom is -0.507 e. The van der Waals surface area contributed by atoms with E-state index in [-0.39, 0.29) is 35.5 Å². The number of rotatable bonds is 9. The van der Waals surface area contributed by atoms with Gasteiger partial charge in [0, 0.05) is 10.3 Å². The van der Waals surface area contributed by atoms with Crippen LogP contribution in [0, 0.1) is 17.8 Å². The van der Waals surface area contributed by atoms with Crippen LogP contribution < -0.4 is 0 Å². The molecular formula is C34H38BNO5S. The molecule has 3 heterocycles. The quantitative estimate of drug-likeness (QED) is 0.161. The minimum absolute atomic E-state index is 0.0739. The number of hydrogen-bond donors (Lipinski definition) is 2. The number of phenolic OH excluding ortho intramolecular Hbond substituents is 1. The second-order valence-electron chi connectivity index (χ2n) is 11.8. The van der Waals surface area contributed by atoms with Gasteiger partial charge in [-0.25, -0.2) is 0 Å². The summed E-state index contributed by atoms with van der Waals surface area (Å²) in [6, 6.07) is 15.5. The van der Waals surface area contributed by atoms with Crippen molar-refractivity contribution >= 4 is 47.1 Å². The molecule has 4 atom stereocenters. The lowest BCUT2D eigenvalue weighted by Gasteiger charge is -2.43. The van der Waals surface area contributed by atoms with Crippen molar-refractivity contribution in [1.82, 2.24) is 4.90 Å². The predicted octanol–water partition coefficient (Wildman–Crippen LogP) is 6.98. The zero-order chi connectivity index (χ0) is 29.4. The van der Waals surface area contributed by atoms with Gasteiger partial charge in [0.2, 0.25) is 11.8 Å². The molecule has 0 spiro atoms. The number of benzene rings is 2. The van der Waals surface area contributed by atoms with Crippen LogP contribution in [0.5, 0.6) is 5.75 Å². The number of fused-ring (bicyclic) bond motifs is 4. The van der Waals surface area contributed by atoms with Crippen LogP contribution in [0.4, 0.5) is 0 Å². The summed E-state index contributed by atoms with van der Waals surface area (Å²) >= 11 is 1.56. The van der Waals surface area contributed by atoms with Crippen LogP contribution in [0.3, 0.4) is 0 Å². The Hall–Kier alpha value is -3.20. The lowest BCUT2D eigenvalue weighted by atomic mass is 9.58. The number of hydrogen-bond acceptors (Lipinski definition) is 6. The van der Waals surface area contributed by atoms with Gasteiger partial charge in [0.25, 0.3) is 0 Å². The normalized spacial score (nSPS) is 24.5. The van der Waals surface area contributed by atoms with Gasteiger partial charge in [-0.05, 0) is 78.4 Å². The minimum atomic E-state index is -0.963. The predicted molar refractivity (Wildman–Crippen MR) is 168 cm³/mol. The molecule has 0 unspecified atom stereocenters. The number of aromatic hydroxyl groups is 1. The molecule has 0 radical (unpaired) electrons. The lowest BCUT2D eigenvalue weighted by molar-refractivity contribution is -0.140. The van der Waals surface area contributed by atoms with E-state index in [9.17, 15) is 19.7 Å². The van der Waals surface area contributed by atoms with Crippen LogP contribution in [-0.4, -0.2) is 40.1 Å². The van der Waals surface area contributed by atoms with Crippen molar-refractivity contribution < 1.29 is 24.4 Å². The van der Waals surface area contributed by atoms with E-state index in [4.69, 9.17) is 4.65 Å². The zero-order valence-corrected chi connectivity index (χ0v) is 25.1. The molecule has 0 bridgehead atoms. The molecule has 42 heavy (non-hydrogen) atoms. The first-order chi connectivity index (χ1) is 20.4. The van der Waals surface area contributed by atoms with Gasteiger partial charge in [-0.3, -0.25) is 14.5 Å². The van der Waals surface area contributed by atoms with Gasteiger partial charge in [-0.15, -0.1) is 11.3 Å². The van der Waals surface area contributed by atoms with E-state index < -0.39 is 13.0 Å². The molecule has 2 saturated heterocycles. The van der Waals surface area contributed by atoms with Gasteiger partial charge < -0.3 is 14.8 Å². The van der Waals surface area contributed by atoms with Crippen LogP contribution in [0.15, 0.2) is 70.6 Å². The topological polar surface area (TPSA) is 87.1 Å². The van der Waals surface area contributed by atoms with Crippen molar-refractivity contribution in [2.45, 2.75) is 71.3 Å². The molecule has 6 nitrogen and oxygen atoms in total. The summed E-state index contributed by atoms with van der Waals surface area (Å²) < 4.78 is 6.20. The smallest absolute Gasteiger partial charge is 0.455 e. The number of imide groups is 1. The van der Waals surface area contributed by atoms with Crippen LogP contribution >= 0.6 is 11.3 Å². The summed E-state index contributed by atoms with van der Waals surface area (Å²) in [5.74, 6) is -0.871. The third kappa shape index (κ3) is 5.36. The van der Waals surface area contributed by atoms with Crippen molar-refractivity contribution in [3.8, 4) is 5.75 Å². The van der Waals surface area contributed by atoms with Crippen molar-refractivity contribution in [1.29, 1.82) is 0 Å². The molecule has 2 N–H and O–H groups in total. The Bertz CT molecular complexity index is 1550. The first kappa shape index (κ1) is 28.9. The summed E-state index contributed by atoms with van der Waals surface area (Å²) in [4.78, 5) is 29.7. The second-order valence-corrected chi connectivity index (χ2v) is 12.9. The fourth-order valence-electron chi connectivity index (χ4n) is 7.44. The highest BCUT2D eigenvalue weighted by molar-refractivity contribution is 7.09. The van der Waals surface area contributed by atoms with E-state index in [0.29, 0.717) is 25.7 Å². The maximum atomic E-state index is 13.8. The molecule has 2 aromatic carbocycles. The number of allylic oxidation sites excluding steroid dienone is 2. The number of amides is 2. The molecule has 3 aliphatic rings. The molecule has 3 aromatic rings. The summed E-state index contributed by atoms with van der Waals surface area (Å²) in [6.45, 7) is 4.61. The number of phenols is 1. The van der Waals surface area contributed by atoms with Crippen LogP contribution in [0.1, 0.15) is 62.8 Å². The lowest BCUT2D eigenvalue weighted by Crippen LogP contribution is -2.46. The van der Waals surface area contributed by atoms with Crippen LogP contribution in [0.25, 0.3) is 16.8 Å². The van der Waals surface area contributed by atoms with Crippen LogP contribution in [-0.2, 0) is 20.8 Å². The molecule has 2 fully saturated rings. The Morgan fingerprint density at radius 1 is 1.05 bits per heavy atom. The highest BCUT2D eigenvalue weighted by Gasteiger charge is 2.57. The standard InChI is InChI=1S/C34H38BNO5S/c1-3-8-21(17-23-13-14-29(37)26-11-6-5-10-25(23)26)12-15-30-31-22(4-2)18-27-32(28(31)19-35(40)41-30)34(39)36(33(27)38)20-24-9-7-16-42-24/h5-7,9-11,13-14,16-17,27-28,30,32,37,40H,3-4,8,12,15,18-20H2,1-2H3/b21-17+/t27-,28+,30-,32-/m1/s1. The monoisotopic (exact) mass is 583 g/mol. The molecule has 8 heteroatoms. The Labute approximate surface area is 251 Å². The van der Waals surface area contributed by atoms with Crippen molar-refractivity contribution in [2.24, 2.45) is 17.8 Å². The van der Waals surface area contributed by atoms with Gasteiger partial charge in [-0.2, -0.15) is 0 Å². The number of carbonyl (C=O) groups excluding carboxylic acids is 2.